The smallest absolute Gasteiger partial charge is 0.343 e. The average Bonchev–Trinajstić information content (AvgIpc) is 3.12. The van der Waals surface area contributed by atoms with E-state index in [1.165, 1.54) is 0 Å². The molecule has 4 aromatic rings. The van der Waals surface area contributed by atoms with Crippen LogP contribution < -0.4 is 4.74 Å². The molecule has 4 aromatic carbocycles. The van der Waals surface area contributed by atoms with Gasteiger partial charge in [0.05, 0.1) is 22.8 Å². The molecule has 21 nitrogen and oxygen atoms in total. The van der Waals surface area contributed by atoms with Crippen LogP contribution in [-0.4, -0.2) is 121 Å². The highest BCUT2D eigenvalue weighted by atomic mass is 16.7. The number of phenols is 11. The number of aliphatic hydroxyl groups excluding tert-OH is 2. The summed E-state index contributed by atoms with van der Waals surface area (Å²) in [5.41, 5.74) is -2.36. The highest BCUT2D eigenvalue weighted by Crippen LogP contribution is 2.41. The lowest BCUT2D eigenvalue weighted by atomic mass is 9.93. The van der Waals surface area contributed by atoms with Crippen LogP contribution in [0.25, 0.3) is 0 Å². The third-order valence-corrected chi connectivity index (χ3v) is 7.99. The first-order valence-electron chi connectivity index (χ1n) is 15.3. The molecule has 0 aromatic heterocycles. The maximum Gasteiger partial charge on any atom is 0.343 e. The Labute approximate surface area is 305 Å². The third-order valence-electron chi connectivity index (χ3n) is 7.99. The Morgan fingerprint density at radius 2 is 0.873 bits per heavy atom. The largest absolute Gasteiger partial charge is 0.504 e. The van der Waals surface area contributed by atoms with Crippen molar-refractivity contribution in [3.05, 3.63) is 70.8 Å². The van der Waals surface area contributed by atoms with E-state index in [-0.39, 0.29) is 0 Å². The van der Waals surface area contributed by atoms with Gasteiger partial charge in [0.25, 0.3) is 0 Å². The first kappa shape index (κ1) is 38.9. The fourth-order valence-corrected chi connectivity index (χ4v) is 5.13. The first-order valence-corrected chi connectivity index (χ1v) is 15.3. The molecule has 0 saturated carbocycles. The molecule has 0 amide bonds. The van der Waals surface area contributed by atoms with Crippen molar-refractivity contribution in [2.75, 3.05) is 0 Å². The van der Waals surface area contributed by atoms with Crippen molar-refractivity contribution in [1.82, 2.24) is 0 Å². The zero-order chi connectivity index (χ0) is 40.6. The van der Waals surface area contributed by atoms with Crippen LogP contribution in [0, 0.1) is 0 Å². The van der Waals surface area contributed by atoms with Gasteiger partial charge in [0.2, 0.25) is 12.0 Å². The van der Waals surface area contributed by atoms with Gasteiger partial charge in [-0.05, 0) is 48.5 Å². The van der Waals surface area contributed by atoms with Gasteiger partial charge in [-0.1, -0.05) is 0 Å². The van der Waals surface area contributed by atoms with Crippen LogP contribution in [0.1, 0.15) is 47.9 Å². The summed E-state index contributed by atoms with van der Waals surface area (Å²) in [6.45, 7) is 0. The molecule has 21 heteroatoms. The predicted molar refractivity (Wildman–Crippen MR) is 173 cm³/mol. The van der Waals surface area contributed by atoms with E-state index < -0.39 is 152 Å². The molecule has 0 spiro atoms. The summed E-state index contributed by atoms with van der Waals surface area (Å²) in [5.74, 6) is -17.0. The zero-order valence-electron chi connectivity index (χ0n) is 27.3. The monoisotopic (exact) mass is 772 g/mol. The summed E-state index contributed by atoms with van der Waals surface area (Å²) in [6, 6.07) is 5.37. The second-order valence-electron chi connectivity index (χ2n) is 11.7. The molecule has 5 rings (SSSR count). The minimum atomic E-state index is -2.31. The predicted octanol–water partition coefficient (Wildman–Crippen LogP) is 0.770. The van der Waals surface area contributed by atoms with Crippen molar-refractivity contribution < 1.29 is 105 Å². The minimum Gasteiger partial charge on any atom is -0.504 e. The van der Waals surface area contributed by atoms with E-state index in [9.17, 15) is 85.6 Å². The number of ether oxygens (including phenoxy) is 4. The summed E-state index contributed by atoms with van der Waals surface area (Å²) >= 11 is 0. The number of carbonyl (C=O) groups is 4. The number of ketones is 1. The van der Waals surface area contributed by atoms with Crippen molar-refractivity contribution in [2.24, 2.45) is 0 Å². The molecule has 0 bridgehead atoms. The number of aromatic hydroxyl groups is 11. The van der Waals surface area contributed by atoms with Crippen LogP contribution >= 0.6 is 0 Å². The van der Waals surface area contributed by atoms with Crippen molar-refractivity contribution in [1.29, 1.82) is 0 Å². The topological polar surface area (TPSA) is 368 Å². The second kappa shape index (κ2) is 14.9. The summed E-state index contributed by atoms with van der Waals surface area (Å²) in [5, 5.41) is 130. The second-order valence-corrected chi connectivity index (χ2v) is 11.7. The highest BCUT2D eigenvalue weighted by Gasteiger charge is 2.49. The van der Waals surface area contributed by atoms with Gasteiger partial charge in [-0.3, -0.25) is 4.79 Å². The van der Waals surface area contributed by atoms with Gasteiger partial charge in [-0.15, -0.1) is 0 Å². The molecule has 0 radical (unpaired) electrons. The van der Waals surface area contributed by atoms with Gasteiger partial charge in [0.15, 0.2) is 81.2 Å². The lowest BCUT2D eigenvalue weighted by Gasteiger charge is -2.41. The molecule has 1 heterocycles. The number of aliphatic hydroxyl groups is 2. The zero-order valence-corrected chi connectivity index (χ0v) is 27.3. The molecular weight excluding hydrogens is 744 g/mol. The van der Waals surface area contributed by atoms with Gasteiger partial charge in [0, 0.05) is 12.0 Å². The van der Waals surface area contributed by atoms with Crippen LogP contribution in [-0.2, 0) is 14.2 Å². The number of hydrogen-bond donors (Lipinski definition) is 13. The van der Waals surface area contributed by atoms with Gasteiger partial charge >= 0.3 is 17.9 Å². The van der Waals surface area contributed by atoms with Crippen LogP contribution in [0.4, 0.5) is 0 Å². The van der Waals surface area contributed by atoms with Crippen LogP contribution in [0.5, 0.6) is 69.0 Å². The van der Waals surface area contributed by atoms with Crippen LogP contribution in [0.15, 0.2) is 48.5 Å². The number of Topliss-reactive ketones (excluding diaryl/α,β-unsaturated/α-hetero) is 1. The molecule has 1 aliphatic rings. The number of phenolic OH excluding ortho intramolecular Hbond substituents is 11. The van der Waals surface area contributed by atoms with Crippen molar-refractivity contribution in [2.45, 2.75) is 37.1 Å². The van der Waals surface area contributed by atoms with Crippen LogP contribution in [0.2, 0.25) is 0 Å². The molecule has 5 atom stereocenters. The van der Waals surface area contributed by atoms with Crippen molar-refractivity contribution in [3.63, 3.8) is 0 Å². The standard InChI is InChI=1S/C34H28O21/c35-14(10-1-15(36)24(43)16(37)2-10)9-23-28(47)30(54-32(50)12-5-19(40)26(45)20(41)6-12)29(48)34(53-23)55-33(51)13-7-21(42)27(46)22(8-13)52-31(49)11-3-17(38)25(44)18(39)4-11/h1-8,23,28-30,34,36-48H,9H2. The number of benzene rings is 4. The molecule has 1 aliphatic heterocycles. The van der Waals surface area contributed by atoms with E-state index in [1.54, 1.807) is 0 Å². The van der Waals surface area contributed by atoms with Gasteiger partial charge in [0.1, 0.15) is 6.10 Å². The Morgan fingerprint density at radius 1 is 0.491 bits per heavy atom. The fraction of sp³-hybridized carbons (Fsp3) is 0.176. The Morgan fingerprint density at radius 3 is 1.35 bits per heavy atom. The lowest BCUT2D eigenvalue weighted by Crippen LogP contribution is -2.60. The molecule has 0 aliphatic carbocycles. The molecule has 290 valence electrons. The van der Waals surface area contributed by atoms with E-state index >= 15 is 0 Å². The Hall–Kier alpha value is -7.36. The maximum absolute atomic E-state index is 13.3. The summed E-state index contributed by atoms with van der Waals surface area (Å²) in [7, 11) is 0. The van der Waals surface area contributed by atoms with Crippen molar-refractivity contribution >= 4 is 23.7 Å². The molecule has 55 heavy (non-hydrogen) atoms. The molecule has 1 fully saturated rings. The molecule has 1 saturated heterocycles. The first-order chi connectivity index (χ1) is 25.8. The SMILES string of the molecule is O=C(CC1OC(OC(=O)c2cc(O)c(O)c(OC(=O)c3cc(O)c(O)c(O)c3)c2)C(O)C(OC(=O)c2cc(O)c(O)c(O)c2)C1O)c1cc(O)c(O)c(O)c1. The number of hydrogen-bond acceptors (Lipinski definition) is 21. The third kappa shape index (κ3) is 7.87. The lowest BCUT2D eigenvalue weighted by molar-refractivity contribution is -0.278. The molecule has 5 unspecified atom stereocenters. The van der Waals surface area contributed by atoms with Gasteiger partial charge in [-0.2, -0.15) is 0 Å². The van der Waals surface area contributed by atoms with Gasteiger partial charge < -0.3 is 85.3 Å². The molecule has 13 N–H and O–H groups in total. The van der Waals surface area contributed by atoms with E-state index in [1.807, 2.05) is 0 Å². The van der Waals surface area contributed by atoms with Crippen LogP contribution in [0.3, 0.4) is 0 Å². The van der Waals surface area contributed by atoms with E-state index in [2.05, 4.69) is 0 Å². The Kier molecular flexibility index (Phi) is 10.6. The highest BCUT2D eigenvalue weighted by molar-refractivity contribution is 5.98. The quantitative estimate of drug-likeness (QED) is 0.0483. The summed E-state index contributed by atoms with van der Waals surface area (Å²) in [6.07, 6.45) is -11.6. The number of esters is 3. The Bertz CT molecular complexity index is 2140. The van der Waals surface area contributed by atoms with Crippen molar-refractivity contribution in [3.8, 4) is 69.0 Å². The fourth-order valence-electron chi connectivity index (χ4n) is 5.13. The normalized spacial score (nSPS) is 19.3. The average molecular weight is 773 g/mol. The Balaban J connectivity index is 1.43. The van der Waals surface area contributed by atoms with E-state index in [4.69, 9.17) is 18.9 Å². The summed E-state index contributed by atoms with van der Waals surface area (Å²) in [4.78, 5) is 52.1. The van der Waals surface area contributed by atoms with E-state index in [0.29, 0.717) is 36.4 Å². The maximum atomic E-state index is 13.3. The van der Waals surface area contributed by atoms with Gasteiger partial charge in [-0.25, -0.2) is 14.4 Å². The summed E-state index contributed by atoms with van der Waals surface area (Å²) < 4.78 is 20.8. The number of carbonyl (C=O) groups excluding carboxylic acids is 4. The minimum absolute atomic E-state index is 0.439. The number of rotatable bonds is 9. The van der Waals surface area contributed by atoms with E-state index in [0.717, 1.165) is 12.1 Å². The molecular formula is C34H28O21.